The Morgan fingerprint density at radius 2 is 1.89 bits per heavy atom. The van der Waals surface area contributed by atoms with Crippen LogP contribution >= 0.6 is 34.8 Å². The fraction of sp³-hybridized carbons (Fsp3) is 0. The van der Waals surface area contributed by atoms with Gasteiger partial charge < -0.3 is 5.32 Å². The number of nitrogens with zero attached hydrogens (tertiary/aromatic N) is 1. The van der Waals surface area contributed by atoms with E-state index < -0.39 is 11.7 Å². The summed E-state index contributed by atoms with van der Waals surface area (Å²) in [6.45, 7) is 0. The molecule has 0 saturated heterocycles. The predicted molar refractivity (Wildman–Crippen MR) is 73.6 cm³/mol. The number of hydrogen-bond acceptors (Lipinski definition) is 2. The molecule has 1 aromatic carbocycles. The summed E-state index contributed by atoms with van der Waals surface area (Å²) < 4.78 is 13.0. The van der Waals surface area contributed by atoms with Crippen LogP contribution in [0.3, 0.4) is 0 Å². The van der Waals surface area contributed by atoms with E-state index in [9.17, 15) is 9.18 Å². The molecule has 0 saturated carbocycles. The van der Waals surface area contributed by atoms with E-state index in [-0.39, 0.29) is 20.8 Å². The number of pyridine rings is 1. The zero-order valence-electron chi connectivity index (χ0n) is 9.25. The Labute approximate surface area is 123 Å². The summed E-state index contributed by atoms with van der Waals surface area (Å²) in [6.07, 6.45) is 1.27. The number of amides is 1. The van der Waals surface area contributed by atoms with Gasteiger partial charge in [0.05, 0.1) is 15.6 Å². The van der Waals surface area contributed by atoms with E-state index in [0.717, 1.165) is 6.07 Å². The first-order valence-corrected chi connectivity index (χ1v) is 6.18. The maximum absolute atomic E-state index is 13.0. The lowest BCUT2D eigenvalue weighted by Gasteiger charge is -2.07. The van der Waals surface area contributed by atoms with Gasteiger partial charge in [-0.1, -0.05) is 34.8 Å². The lowest BCUT2D eigenvalue weighted by atomic mass is 10.2. The molecule has 0 aliphatic rings. The average Bonchev–Trinajstić information content (AvgIpc) is 2.36. The second-order valence-electron chi connectivity index (χ2n) is 3.57. The number of nitrogens with one attached hydrogen (secondary N) is 1. The van der Waals surface area contributed by atoms with Gasteiger partial charge in [0, 0.05) is 11.9 Å². The number of halogens is 4. The number of carbonyl (C=O) groups excluding carboxylic acids is 1. The molecule has 0 unspecified atom stereocenters. The third kappa shape index (κ3) is 3.35. The molecule has 0 atom stereocenters. The van der Waals surface area contributed by atoms with Crippen molar-refractivity contribution in [2.75, 3.05) is 5.32 Å². The molecule has 1 amide bonds. The van der Waals surface area contributed by atoms with Crippen LogP contribution in [0.25, 0.3) is 0 Å². The summed E-state index contributed by atoms with van der Waals surface area (Å²) in [5.41, 5.74) is 0.516. The number of benzene rings is 1. The van der Waals surface area contributed by atoms with Gasteiger partial charge in [-0.2, -0.15) is 0 Å². The molecule has 0 spiro atoms. The number of rotatable bonds is 2. The maximum atomic E-state index is 13.0. The van der Waals surface area contributed by atoms with Crippen LogP contribution in [0.1, 0.15) is 10.4 Å². The van der Waals surface area contributed by atoms with E-state index in [1.165, 1.54) is 24.4 Å². The first-order valence-electron chi connectivity index (χ1n) is 5.05. The summed E-state index contributed by atoms with van der Waals surface area (Å²) >= 11 is 17.2. The van der Waals surface area contributed by atoms with E-state index in [1.54, 1.807) is 0 Å². The quantitative estimate of drug-likeness (QED) is 0.832. The van der Waals surface area contributed by atoms with Crippen molar-refractivity contribution in [3.05, 3.63) is 57.0 Å². The molecule has 0 radical (unpaired) electrons. The predicted octanol–water partition coefficient (Wildman–Crippen LogP) is 4.43. The highest BCUT2D eigenvalue weighted by molar-refractivity contribution is 6.35. The molecule has 19 heavy (non-hydrogen) atoms. The summed E-state index contributed by atoms with van der Waals surface area (Å²) in [5, 5.41) is 2.75. The Kier molecular flexibility index (Phi) is 4.24. The first-order chi connectivity index (χ1) is 8.97. The van der Waals surface area contributed by atoms with Crippen molar-refractivity contribution in [1.82, 2.24) is 4.98 Å². The van der Waals surface area contributed by atoms with Gasteiger partial charge in [0.2, 0.25) is 0 Å². The van der Waals surface area contributed by atoms with E-state index in [4.69, 9.17) is 34.8 Å². The van der Waals surface area contributed by atoms with Crippen molar-refractivity contribution in [2.24, 2.45) is 0 Å². The molecule has 7 heteroatoms. The number of aromatic nitrogens is 1. The fourth-order valence-corrected chi connectivity index (χ4v) is 1.89. The van der Waals surface area contributed by atoms with Gasteiger partial charge in [-0.25, -0.2) is 9.37 Å². The molecule has 1 N–H and O–H groups in total. The zero-order chi connectivity index (χ0) is 14.0. The Hall–Kier alpha value is -1.36. The second-order valence-corrected chi connectivity index (χ2v) is 4.77. The van der Waals surface area contributed by atoms with Gasteiger partial charge in [0.1, 0.15) is 11.0 Å². The molecule has 2 rings (SSSR count). The number of anilines is 1. The van der Waals surface area contributed by atoms with Gasteiger partial charge >= 0.3 is 0 Å². The lowest BCUT2D eigenvalue weighted by Crippen LogP contribution is -2.12. The number of carbonyl (C=O) groups is 1. The maximum Gasteiger partial charge on any atom is 0.257 e. The summed E-state index contributed by atoms with van der Waals surface area (Å²) in [4.78, 5) is 15.7. The minimum absolute atomic E-state index is 0.0864. The second kappa shape index (κ2) is 5.74. The first kappa shape index (κ1) is 14.1. The Morgan fingerprint density at radius 1 is 1.16 bits per heavy atom. The molecule has 0 aliphatic carbocycles. The fourth-order valence-electron chi connectivity index (χ4n) is 1.36. The Balaban J connectivity index is 2.25. The van der Waals surface area contributed by atoms with Gasteiger partial charge in [0.15, 0.2) is 0 Å². The third-order valence-electron chi connectivity index (χ3n) is 2.24. The van der Waals surface area contributed by atoms with Gasteiger partial charge in [-0.15, -0.1) is 0 Å². The normalized spacial score (nSPS) is 10.3. The minimum atomic E-state index is -0.565. The van der Waals surface area contributed by atoms with Gasteiger partial charge in [0.25, 0.3) is 5.91 Å². The van der Waals surface area contributed by atoms with Crippen molar-refractivity contribution >= 4 is 46.4 Å². The SMILES string of the molecule is O=C(Nc1ccc(F)c(Cl)c1)c1cc(Cl)ncc1Cl. The van der Waals surface area contributed by atoms with Crippen LogP contribution < -0.4 is 5.32 Å². The average molecular weight is 320 g/mol. The van der Waals surface area contributed by atoms with E-state index in [0.29, 0.717) is 5.69 Å². The smallest absolute Gasteiger partial charge is 0.257 e. The van der Waals surface area contributed by atoms with Crippen molar-refractivity contribution in [2.45, 2.75) is 0 Å². The molecule has 98 valence electrons. The molecule has 0 bridgehead atoms. The van der Waals surface area contributed by atoms with E-state index >= 15 is 0 Å². The van der Waals surface area contributed by atoms with Crippen LogP contribution in [0, 0.1) is 5.82 Å². The highest BCUT2D eigenvalue weighted by atomic mass is 35.5. The standard InChI is InChI=1S/C12H6Cl3FN2O/c13-8-3-6(1-2-10(8)16)18-12(19)7-4-11(15)17-5-9(7)14/h1-5H,(H,18,19). The topological polar surface area (TPSA) is 42.0 Å². The van der Waals surface area contributed by atoms with Crippen molar-refractivity contribution < 1.29 is 9.18 Å². The van der Waals surface area contributed by atoms with Crippen molar-refractivity contribution in [3.63, 3.8) is 0 Å². The molecular formula is C12H6Cl3FN2O. The molecule has 0 aliphatic heterocycles. The zero-order valence-corrected chi connectivity index (χ0v) is 11.5. The van der Waals surface area contributed by atoms with Crippen LogP contribution in [0.2, 0.25) is 15.2 Å². The van der Waals surface area contributed by atoms with Crippen molar-refractivity contribution in [3.8, 4) is 0 Å². The van der Waals surface area contributed by atoms with Crippen LogP contribution in [-0.4, -0.2) is 10.9 Å². The Bertz CT molecular complexity index is 649. The molecule has 3 nitrogen and oxygen atoms in total. The van der Waals surface area contributed by atoms with E-state index in [1.807, 2.05) is 0 Å². The highest BCUT2D eigenvalue weighted by Crippen LogP contribution is 2.22. The van der Waals surface area contributed by atoms with Crippen LogP contribution in [0.5, 0.6) is 0 Å². The molecule has 1 heterocycles. The largest absolute Gasteiger partial charge is 0.322 e. The Morgan fingerprint density at radius 3 is 2.58 bits per heavy atom. The monoisotopic (exact) mass is 318 g/mol. The van der Waals surface area contributed by atoms with Crippen LogP contribution in [-0.2, 0) is 0 Å². The van der Waals surface area contributed by atoms with Crippen LogP contribution in [0.15, 0.2) is 30.5 Å². The molecule has 1 aromatic heterocycles. The summed E-state index contributed by atoms with van der Waals surface area (Å²) in [5.74, 6) is -1.05. The third-order valence-corrected chi connectivity index (χ3v) is 3.04. The van der Waals surface area contributed by atoms with E-state index in [2.05, 4.69) is 10.3 Å². The molecule has 2 aromatic rings. The molecule has 0 fully saturated rings. The van der Waals surface area contributed by atoms with Gasteiger partial charge in [-0.05, 0) is 24.3 Å². The summed E-state index contributed by atoms with van der Waals surface area (Å²) in [6, 6.07) is 5.17. The number of hydrogen-bond donors (Lipinski definition) is 1. The minimum Gasteiger partial charge on any atom is -0.322 e. The molecular weight excluding hydrogens is 314 g/mol. The highest BCUT2D eigenvalue weighted by Gasteiger charge is 2.12. The van der Waals surface area contributed by atoms with Crippen molar-refractivity contribution in [1.29, 1.82) is 0 Å². The van der Waals surface area contributed by atoms with Gasteiger partial charge in [-0.3, -0.25) is 4.79 Å². The lowest BCUT2D eigenvalue weighted by molar-refractivity contribution is 0.102. The summed E-state index contributed by atoms with van der Waals surface area (Å²) in [7, 11) is 0. The van der Waals surface area contributed by atoms with Crippen LogP contribution in [0.4, 0.5) is 10.1 Å².